The van der Waals surface area contributed by atoms with Crippen molar-refractivity contribution in [3.63, 3.8) is 0 Å². The SMILES string of the molecule is CN1CCC(C)(Oc2ncccc2[N-]C=O)C1.[CH3-].[Re]. The van der Waals surface area contributed by atoms with Crippen molar-refractivity contribution in [1.29, 1.82) is 0 Å². The molecule has 1 aliphatic rings. The maximum Gasteiger partial charge on any atom is 0.198 e. The third-order valence-electron chi connectivity index (χ3n) is 2.91. The van der Waals surface area contributed by atoms with Gasteiger partial charge in [-0.05, 0) is 20.0 Å². The van der Waals surface area contributed by atoms with Crippen LogP contribution in [0.3, 0.4) is 0 Å². The van der Waals surface area contributed by atoms with Gasteiger partial charge in [0.2, 0.25) is 0 Å². The number of aromatic nitrogens is 1. The number of likely N-dealkylation sites (tertiary alicyclic amines) is 1. The van der Waals surface area contributed by atoms with E-state index in [2.05, 4.69) is 29.2 Å². The Hall–Kier alpha value is -0.958. The molecule has 6 heteroatoms. The molecule has 1 radical (unpaired) electrons. The third-order valence-corrected chi connectivity index (χ3v) is 2.91. The van der Waals surface area contributed by atoms with Crippen LogP contribution in [0.4, 0.5) is 5.69 Å². The molecular weight excluding hydrogens is 416 g/mol. The van der Waals surface area contributed by atoms with Crippen LogP contribution in [0.15, 0.2) is 18.3 Å². The average molecular weight is 436 g/mol. The monoisotopic (exact) mass is 436 g/mol. The molecule has 107 valence electrons. The minimum absolute atomic E-state index is 0. The summed E-state index contributed by atoms with van der Waals surface area (Å²) in [5.74, 6) is 0.428. The van der Waals surface area contributed by atoms with Gasteiger partial charge in [-0.25, -0.2) is 4.98 Å². The van der Waals surface area contributed by atoms with E-state index in [-0.39, 0.29) is 33.5 Å². The normalized spacial score (nSPS) is 22.0. The van der Waals surface area contributed by atoms with Gasteiger partial charge in [-0.3, -0.25) is 0 Å². The second-order valence-corrected chi connectivity index (χ2v) is 4.60. The molecule has 1 aromatic heterocycles. The van der Waals surface area contributed by atoms with Crippen LogP contribution >= 0.6 is 0 Å². The number of rotatable bonds is 4. The molecule has 2 rings (SSSR count). The Morgan fingerprint density at radius 1 is 1.58 bits per heavy atom. The number of carbonyl (C=O) groups excluding carboxylic acids is 1. The van der Waals surface area contributed by atoms with Crippen molar-refractivity contribution in [3.8, 4) is 5.88 Å². The average Bonchev–Trinajstić information content (AvgIpc) is 2.62. The molecule has 2 heterocycles. The summed E-state index contributed by atoms with van der Waals surface area (Å²) in [5.41, 5.74) is 0.231. The number of hydrogen-bond donors (Lipinski definition) is 0. The van der Waals surface area contributed by atoms with Crippen LogP contribution in [0.5, 0.6) is 5.88 Å². The molecule has 19 heavy (non-hydrogen) atoms. The van der Waals surface area contributed by atoms with E-state index in [0.717, 1.165) is 19.5 Å². The number of hydrogen-bond acceptors (Lipinski definition) is 4. The first-order valence-corrected chi connectivity index (χ1v) is 5.60. The first-order valence-electron chi connectivity index (χ1n) is 5.60. The van der Waals surface area contributed by atoms with Crippen LogP contribution in [-0.2, 0) is 25.2 Å². The van der Waals surface area contributed by atoms with Crippen LogP contribution in [0, 0.1) is 7.43 Å². The molecule has 0 N–H and O–H groups in total. The van der Waals surface area contributed by atoms with Crippen LogP contribution in [-0.4, -0.2) is 42.0 Å². The zero-order valence-corrected chi connectivity index (χ0v) is 14.2. The Bertz CT molecular complexity index is 417. The molecule has 1 saturated heterocycles. The summed E-state index contributed by atoms with van der Waals surface area (Å²) in [5, 5.41) is 3.72. The summed E-state index contributed by atoms with van der Waals surface area (Å²) in [4.78, 5) is 16.8. The Balaban J connectivity index is 0.00000162. The number of pyridine rings is 1. The van der Waals surface area contributed by atoms with Crippen molar-refractivity contribution in [2.75, 3.05) is 20.1 Å². The van der Waals surface area contributed by atoms with Gasteiger partial charge in [0, 0.05) is 52.5 Å². The van der Waals surface area contributed by atoms with E-state index in [4.69, 9.17) is 4.74 Å². The van der Waals surface area contributed by atoms with Crippen LogP contribution in [0.2, 0.25) is 0 Å². The summed E-state index contributed by atoms with van der Waals surface area (Å²) in [6.45, 7) is 3.91. The van der Waals surface area contributed by atoms with Crippen molar-refractivity contribution in [2.45, 2.75) is 18.9 Å². The fraction of sp³-hybridized carbons (Fsp3) is 0.462. The van der Waals surface area contributed by atoms with Crippen molar-refractivity contribution in [1.82, 2.24) is 9.88 Å². The van der Waals surface area contributed by atoms with Gasteiger partial charge in [0.25, 0.3) is 0 Å². The second kappa shape index (κ2) is 7.59. The van der Waals surface area contributed by atoms with Crippen molar-refractivity contribution >= 4 is 12.1 Å². The molecule has 5 nitrogen and oxygen atoms in total. The molecular formula is C13H19N3O2Re-2. The molecule has 1 fully saturated rings. The molecule has 0 aromatic carbocycles. The summed E-state index contributed by atoms with van der Waals surface area (Å²) in [7, 11) is 2.06. The Labute approximate surface area is 128 Å². The second-order valence-electron chi connectivity index (χ2n) is 4.60. The van der Waals surface area contributed by atoms with E-state index in [1.54, 1.807) is 18.3 Å². The van der Waals surface area contributed by atoms with Crippen molar-refractivity contribution in [2.24, 2.45) is 0 Å². The van der Waals surface area contributed by atoms with E-state index in [1.807, 2.05) is 0 Å². The molecule has 1 aromatic rings. The Kier molecular flexibility index (Phi) is 7.21. The Morgan fingerprint density at radius 2 is 2.32 bits per heavy atom. The van der Waals surface area contributed by atoms with Crippen molar-refractivity contribution in [3.05, 3.63) is 31.1 Å². The van der Waals surface area contributed by atoms with Gasteiger partial charge in [0.05, 0.1) is 0 Å². The van der Waals surface area contributed by atoms with E-state index >= 15 is 0 Å². The molecule has 1 amide bonds. The van der Waals surface area contributed by atoms with Gasteiger partial charge in [-0.2, -0.15) is 0 Å². The number of ether oxygens (including phenoxy) is 1. The predicted octanol–water partition coefficient (Wildman–Crippen LogP) is 2.16. The Morgan fingerprint density at radius 3 is 2.89 bits per heavy atom. The quantitative estimate of drug-likeness (QED) is 0.537. The van der Waals surface area contributed by atoms with Crippen molar-refractivity contribution < 1.29 is 30.0 Å². The van der Waals surface area contributed by atoms with Crippen LogP contribution in [0.25, 0.3) is 5.32 Å². The number of amides is 1. The predicted molar refractivity (Wildman–Crippen MR) is 70.9 cm³/mol. The number of nitrogens with zero attached hydrogens (tertiary/aromatic N) is 3. The maximum absolute atomic E-state index is 10.4. The molecule has 0 saturated carbocycles. The van der Waals surface area contributed by atoms with Gasteiger partial charge >= 0.3 is 0 Å². The minimum atomic E-state index is -0.254. The van der Waals surface area contributed by atoms with E-state index in [9.17, 15) is 4.79 Å². The fourth-order valence-electron chi connectivity index (χ4n) is 2.09. The van der Waals surface area contributed by atoms with Crippen LogP contribution < -0.4 is 4.74 Å². The minimum Gasteiger partial charge on any atom is -0.625 e. The summed E-state index contributed by atoms with van der Waals surface area (Å²) in [6, 6.07) is 3.46. The van der Waals surface area contributed by atoms with Gasteiger partial charge in [0.15, 0.2) is 5.88 Å². The van der Waals surface area contributed by atoms with Gasteiger partial charge in [-0.15, -0.1) is 0 Å². The smallest absolute Gasteiger partial charge is 0.198 e. The number of carbonyl (C=O) groups is 1. The number of likely N-dealkylation sites (N-methyl/N-ethyl adjacent to an activating group) is 1. The van der Waals surface area contributed by atoms with E-state index in [1.165, 1.54) is 0 Å². The van der Waals surface area contributed by atoms with Crippen LogP contribution in [0.1, 0.15) is 13.3 Å². The zero-order chi connectivity index (χ0) is 12.3. The molecule has 1 atom stereocenters. The van der Waals surface area contributed by atoms with E-state index < -0.39 is 0 Å². The molecule has 0 aliphatic carbocycles. The summed E-state index contributed by atoms with van der Waals surface area (Å²) >= 11 is 0. The molecule has 0 bridgehead atoms. The van der Waals surface area contributed by atoms with Gasteiger partial charge < -0.3 is 27.2 Å². The molecule has 0 spiro atoms. The van der Waals surface area contributed by atoms with E-state index in [0.29, 0.717) is 18.0 Å². The fourth-order valence-corrected chi connectivity index (χ4v) is 2.09. The summed E-state index contributed by atoms with van der Waals surface area (Å²) < 4.78 is 5.91. The molecule has 1 aliphatic heterocycles. The molecule has 1 unspecified atom stereocenters. The zero-order valence-electron chi connectivity index (χ0n) is 11.5. The maximum atomic E-state index is 10.4. The standard InChI is InChI=1S/C12H17N3O2.CH3.Re/c1-12(5-7-15(2)8-12)17-11-10(14-9-16)4-3-6-13-11;;/h3-4,6,9H,5,7-8H2,1-2H3,(H,14,16);1H3;/q;-1;/p-1. The largest absolute Gasteiger partial charge is 0.625 e. The first kappa shape index (κ1) is 18.0. The third kappa shape index (κ3) is 4.57. The topological polar surface area (TPSA) is 56.5 Å². The first-order chi connectivity index (χ1) is 8.13. The van der Waals surface area contributed by atoms with Gasteiger partial charge in [-0.1, -0.05) is 11.8 Å². The van der Waals surface area contributed by atoms with Gasteiger partial charge in [0.1, 0.15) is 5.60 Å². The summed E-state index contributed by atoms with van der Waals surface area (Å²) in [6.07, 6.45) is 3.09.